The van der Waals surface area contributed by atoms with E-state index in [-0.39, 0.29) is 12.6 Å². The molecule has 2 fully saturated rings. The van der Waals surface area contributed by atoms with Crippen LogP contribution in [0.3, 0.4) is 0 Å². The molecule has 3 unspecified atom stereocenters. The van der Waals surface area contributed by atoms with Crippen LogP contribution in [-0.2, 0) is 14.8 Å². The molecule has 100 valence electrons. The Labute approximate surface area is 102 Å². The molecule has 1 heterocycles. The first-order valence-corrected chi connectivity index (χ1v) is 7.85. The summed E-state index contributed by atoms with van der Waals surface area (Å²) in [7, 11) is -3.23. The lowest BCUT2D eigenvalue weighted by Gasteiger charge is -2.30. The van der Waals surface area contributed by atoms with Gasteiger partial charge in [-0.15, -0.1) is 0 Å². The van der Waals surface area contributed by atoms with E-state index < -0.39 is 22.2 Å². The zero-order valence-electron chi connectivity index (χ0n) is 9.93. The molecule has 1 aliphatic heterocycles. The maximum Gasteiger partial charge on any atom is 0.208 e. The molecule has 1 saturated carbocycles. The van der Waals surface area contributed by atoms with Gasteiger partial charge in [-0.05, 0) is 12.8 Å². The van der Waals surface area contributed by atoms with Crippen molar-refractivity contribution in [3.8, 4) is 0 Å². The molecule has 0 spiro atoms. The summed E-state index contributed by atoms with van der Waals surface area (Å²) in [6.07, 6.45) is 3.52. The Morgan fingerprint density at radius 3 is 2.65 bits per heavy atom. The highest BCUT2D eigenvalue weighted by Crippen LogP contribution is 2.22. The van der Waals surface area contributed by atoms with Gasteiger partial charge < -0.3 is 15.2 Å². The average molecular weight is 264 g/mol. The van der Waals surface area contributed by atoms with Crippen LogP contribution < -0.4 is 10.0 Å². The normalized spacial score (nSPS) is 34.8. The van der Waals surface area contributed by atoms with E-state index in [0.717, 1.165) is 19.1 Å². The molecular weight excluding hydrogens is 244 g/mol. The summed E-state index contributed by atoms with van der Waals surface area (Å²) in [5.74, 6) is 0. The van der Waals surface area contributed by atoms with Crippen molar-refractivity contribution in [2.24, 2.45) is 0 Å². The van der Waals surface area contributed by atoms with E-state index in [1.165, 1.54) is 6.42 Å². The van der Waals surface area contributed by atoms with Crippen LogP contribution in [0.1, 0.15) is 19.3 Å². The molecule has 0 amide bonds. The lowest BCUT2D eigenvalue weighted by atomic mass is 9.92. The van der Waals surface area contributed by atoms with E-state index in [9.17, 15) is 13.5 Å². The van der Waals surface area contributed by atoms with Crippen LogP contribution in [0, 0.1) is 0 Å². The molecule has 17 heavy (non-hydrogen) atoms. The van der Waals surface area contributed by atoms with Crippen molar-refractivity contribution in [3.63, 3.8) is 0 Å². The van der Waals surface area contributed by atoms with E-state index in [0.29, 0.717) is 12.6 Å². The largest absolute Gasteiger partial charge is 0.389 e. The van der Waals surface area contributed by atoms with Gasteiger partial charge in [0, 0.05) is 12.6 Å². The highest BCUT2D eigenvalue weighted by atomic mass is 32.2. The fraction of sp³-hybridized carbons (Fsp3) is 1.00. The second-order valence-corrected chi connectivity index (χ2v) is 6.72. The number of hydrogen-bond acceptors (Lipinski definition) is 5. The minimum atomic E-state index is -3.23. The van der Waals surface area contributed by atoms with Gasteiger partial charge in [-0.3, -0.25) is 0 Å². The number of ether oxygens (including phenoxy) is 1. The maximum atomic E-state index is 10.9. The van der Waals surface area contributed by atoms with Gasteiger partial charge in [0.15, 0.2) is 0 Å². The van der Waals surface area contributed by atoms with E-state index in [4.69, 9.17) is 4.74 Å². The van der Waals surface area contributed by atoms with Crippen LogP contribution in [0.15, 0.2) is 0 Å². The molecule has 6 nitrogen and oxygen atoms in total. The Morgan fingerprint density at radius 2 is 2.12 bits per heavy atom. The molecule has 0 aromatic carbocycles. The number of sulfonamides is 1. The van der Waals surface area contributed by atoms with Gasteiger partial charge in [-0.2, -0.15) is 0 Å². The summed E-state index contributed by atoms with van der Waals surface area (Å²) in [5, 5.41) is 13.3. The molecule has 3 N–H and O–H groups in total. The van der Waals surface area contributed by atoms with Gasteiger partial charge in [0.05, 0.1) is 31.1 Å². The molecule has 1 aliphatic carbocycles. The van der Waals surface area contributed by atoms with Crippen LogP contribution >= 0.6 is 0 Å². The van der Waals surface area contributed by atoms with Crippen LogP contribution in [0.2, 0.25) is 0 Å². The summed E-state index contributed by atoms with van der Waals surface area (Å²) >= 11 is 0. The maximum absolute atomic E-state index is 10.9. The molecule has 0 radical (unpaired) electrons. The molecule has 2 rings (SSSR count). The monoisotopic (exact) mass is 264 g/mol. The molecule has 3 atom stereocenters. The van der Waals surface area contributed by atoms with Gasteiger partial charge in [0.1, 0.15) is 0 Å². The molecule has 0 aromatic heterocycles. The standard InChI is InChI=1S/C10H20N2O4S/c1-17(14,15)11-5-9-10(13)8(6-16-9)12-7-3-2-4-7/h7-13H,2-6H2,1H3. The van der Waals surface area contributed by atoms with Crippen LogP contribution in [-0.4, -0.2) is 57.2 Å². The Hall–Kier alpha value is -0.210. The van der Waals surface area contributed by atoms with Gasteiger partial charge >= 0.3 is 0 Å². The highest BCUT2D eigenvalue weighted by molar-refractivity contribution is 7.88. The smallest absolute Gasteiger partial charge is 0.208 e. The Kier molecular flexibility index (Phi) is 4.04. The number of nitrogens with one attached hydrogen (secondary N) is 2. The Bertz CT molecular complexity index is 355. The van der Waals surface area contributed by atoms with Crippen molar-refractivity contribution in [1.82, 2.24) is 10.0 Å². The van der Waals surface area contributed by atoms with Crippen molar-refractivity contribution in [2.75, 3.05) is 19.4 Å². The van der Waals surface area contributed by atoms with Gasteiger partial charge in [0.2, 0.25) is 10.0 Å². The van der Waals surface area contributed by atoms with Gasteiger partial charge in [-0.25, -0.2) is 13.1 Å². The first kappa shape index (κ1) is 13.2. The fourth-order valence-corrected chi connectivity index (χ4v) is 2.59. The third kappa shape index (κ3) is 3.62. The summed E-state index contributed by atoms with van der Waals surface area (Å²) in [4.78, 5) is 0. The number of hydrogen-bond donors (Lipinski definition) is 3. The highest BCUT2D eigenvalue weighted by Gasteiger charge is 2.37. The van der Waals surface area contributed by atoms with Crippen molar-refractivity contribution in [3.05, 3.63) is 0 Å². The summed E-state index contributed by atoms with van der Waals surface area (Å²) in [6, 6.07) is 0.409. The summed E-state index contributed by atoms with van der Waals surface area (Å²) in [5.41, 5.74) is 0. The predicted molar refractivity (Wildman–Crippen MR) is 63.2 cm³/mol. The van der Waals surface area contributed by atoms with E-state index in [1.807, 2.05) is 0 Å². The number of aliphatic hydroxyl groups is 1. The van der Waals surface area contributed by atoms with Crippen LogP contribution in [0.25, 0.3) is 0 Å². The molecule has 2 aliphatic rings. The zero-order chi connectivity index (χ0) is 12.5. The summed E-state index contributed by atoms with van der Waals surface area (Å²) < 4.78 is 29.6. The lowest BCUT2D eigenvalue weighted by molar-refractivity contribution is 0.0436. The zero-order valence-corrected chi connectivity index (χ0v) is 10.7. The summed E-state index contributed by atoms with van der Waals surface area (Å²) in [6.45, 7) is 0.566. The van der Waals surface area contributed by atoms with Crippen molar-refractivity contribution in [2.45, 2.75) is 43.6 Å². The third-order valence-electron chi connectivity index (χ3n) is 3.38. The minimum Gasteiger partial charge on any atom is -0.389 e. The first-order valence-electron chi connectivity index (χ1n) is 5.96. The second kappa shape index (κ2) is 5.19. The fourth-order valence-electron chi connectivity index (χ4n) is 2.12. The first-order chi connectivity index (χ1) is 7.96. The van der Waals surface area contributed by atoms with E-state index >= 15 is 0 Å². The Balaban J connectivity index is 1.77. The average Bonchev–Trinajstić information content (AvgIpc) is 2.50. The second-order valence-electron chi connectivity index (χ2n) is 4.88. The molecular formula is C10H20N2O4S. The molecule has 0 bridgehead atoms. The van der Waals surface area contributed by atoms with E-state index in [1.54, 1.807) is 0 Å². The van der Waals surface area contributed by atoms with E-state index in [2.05, 4.69) is 10.0 Å². The van der Waals surface area contributed by atoms with Crippen molar-refractivity contribution < 1.29 is 18.3 Å². The lowest BCUT2D eigenvalue weighted by Crippen LogP contribution is -2.50. The number of aliphatic hydroxyl groups excluding tert-OH is 1. The van der Waals surface area contributed by atoms with Crippen molar-refractivity contribution >= 4 is 10.0 Å². The number of rotatable bonds is 5. The Morgan fingerprint density at radius 1 is 1.41 bits per heavy atom. The molecule has 1 saturated heterocycles. The van der Waals surface area contributed by atoms with Crippen LogP contribution in [0.5, 0.6) is 0 Å². The van der Waals surface area contributed by atoms with Gasteiger partial charge in [0.25, 0.3) is 0 Å². The van der Waals surface area contributed by atoms with Crippen molar-refractivity contribution in [1.29, 1.82) is 0 Å². The minimum absolute atomic E-state index is 0.0772. The molecule has 0 aromatic rings. The quantitative estimate of drug-likeness (QED) is 0.581. The topological polar surface area (TPSA) is 87.7 Å². The molecule has 7 heteroatoms. The predicted octanol–water partition coefficient (Wildman–Crippen LogP) is -1.19. The van der Waals surface area contributed by atoms with Gasteiger partial charge in [-0.1, -0.05) is 6.42 Å². The SMILES string of the molecule is CS(=O)(=O)NCC1OCC(NC2CCC2)C1O. The third-order valence-corrected chi connectivity index (χ3v) is 4.08. The van der Waals surface area contributed by atoms with Crippen LogP contribution in [0.4, 0.5) is 0 Å².